The molecule has 0 aromatic heterocycles. The molecule has 2 heterocycles. The first kappa shape index (κ1) is 20.7. The summed E-state index contributed by atoms with van der Waals surface area (Å²) in [4.78, 5) is 18.2. The topological polar surface area (TPSA) is 35.6 Å². The first-order valence-electron chi connectivity index (χ1n) is 12.0. The van der Waals surface area contributed by atoms with Gasteiger partial charge in [0.2, 0.25) is 5.91 Å². The van der Waals surface area contributed by atoms with Crippen molar-refractivity contribution in [2.45, 2.75) is 102 Å². The number of benzene rings is 1. The molecule has 1 saturated carbocycles. The fourth-order valence-electron chi connectivity index (χ4n) is 5.93. The van der Waals surface area contributed by atoms with Crippen LogP contribution in [0.3, 0.4) is 0 Å². The molecule has 0 radical (unpaired) electrons. The van der Waals surface area contributed by atoms with Crippen LogP contribution < -0.4 is 10.2 Å². The first-order valence-corrected chi connectivity index (χ1v) is 12.0. The lowest BCUT2D eigenvalue weighted by molar-refractivity contribution is -0.125. The summed E-state index contributed by atoms with van der Waals surface area (Å²) in [5, 5.41) is 3.24. The summed E-state index contributed by atoms with van der Waals surface area (Å²) in [6.45, 7) is 6.34. The molecule has 2 saturated heterocycles. The van der Waals surface area contributed by atoms with Gasteiger partial charge in [0, 0.05) is 24.8 Å². The van der Waals surface area contributed by atoms with Crippen LogP contribution in [0.2, 0.25) is 0 Å². The molecule has 4 heteroatoms. The Morgan fingerprint density at radius 3 is 2.03 bits per heavy atom. The highest BCUT2D eigenvalue weighted by Crippen LogP contribution is 2.39. The summed E-state index contributed by atoms with van der Waals surface area (Å²) in [5.41, 5.74) is 2.06. The van der Waals surface area contributed by atoms with Crippen molar-refractivity contribution >= 4 is 11.6 Å². The second-order valence-corrected chi connectivity index (χ2v) is 9.63. The second kappa shape index (κ2) is 9.07. The smallest absolute Gasteiger partial charge is 0.247 e. The van der Waals surface area contributed by atoms with Gasteiger partial charge < -0.3 is 15.1 Å². The van der Waals surface area contributed by atoms with Crippen molar-refractivity contribution in [1.82, 2.24) is 10.2 Å². The molecular weight excluding hydrogens is 358 g/mol. The molecule has 1 unspecified atom stereocenters. The van der Waals surface area contributed by atoms with Gasteiger partial charge in [-0.3, -0.25) is 4.79 Å². The van der Waals surface area contributed by atoms with E-state index in [0.29, 0.717) is 0 Å². The van der Waals surface area contributed by atoms with E-state index in [1.165, 1.54) is 69.0 Å². The van der Waals surface area contributed by atoms with Gasteiger partial charge in [-0.15, -0.1) is 0 Å². The van der Waals surface area contributed by atoms with E-state index < -0.39 is 0 Å². The zero-order valence-electron chi connectivity index (χ0n) is 18.5. The van der Waals surface area contributed by atoms with E-state index in [4.69, 9.17) is 0 Å². The molecule has 160 valence electrons. The van der Waals surface area contributed by atoms with Gasteiger partial charge in [0.05, 0.1) is 6.17 Å². The number of piperidine rings is 1. The average molecular weight is 398 g/mol. The van der Waals surface area contributed by atoms with E-state index in [9.17, 15) is 4.79 Å². The van der Waals surface area contributed by atoms with Crippen LogP contribution in [0.4, 0.5) is 5.69 Å². The van der Waals surface area contributed by atoms with Gasteiger partial charge in [-0.2, -0.15) is 0 Å². The Morgan fingerprint density at radius 1 is 0.897 bits per heavy atom. The number of carbonyl (C=O) groups is 1. The van der Waals surface area contributed by atoms with Crippen molar-refractivity contribution in [3.05, 3.63) is 29.8 Å². The molecule has 4 rings (SSSR count). The summed E-state index contributed by atoms with van der Waals surface area (Å²) < 4.78 is 0. The number of rotatable bonds is 2. The molecule has 1 spiro atoms. The molecule has 1 aromatic carbocycles. The normalized spacial score (nSPS) is 27.2. The van der Waals surface area contributed by atoms with Crippen molar-refractivity contribution in [1.29, 1.82) is 0 Å². The molecule has 1 aliphatic carbocycles. The lowest BCUT2D eigenvalue weighted by atomic mass is 9.84. The van der Waals surface area contributed by atoms with E-state index in [1.54, 1.807) is 0 Å². The van der Waals surface area contributed by atoms with Gasteiger partial charge in [-0.1, -0.05) is 62.6 Å². The Balaban J connectivity index is 1.46. The molecule has 2 aliphatic heterocycles. The molecule has 4 nitrogen and oxygen atoms in total. The molecule has 29 heavy (non-hydrogen) atoms. The van der Waals surface area contributed by atoms with Crippen LogP contribution in [0.15, 0.2) is 24.3 Å². The molecule has 1 N–H and O–H groups in total. The summed E-state index contributed by atoms with van der Waals surface area (Å²) in [6, 6.07) is 9.41. The minimum atomic E-state index is -0.374. The van der Waals surface area contributed by atoms with Crippen molar-refractivity contribution in [3.8, 4) is 0 Å². The molecule has 0 bridgehead atoms. The number of amides is 1. The highest BCUT2D eigenvalue weighted by molar-refractivity contribution is 5.94. The number of nitrogens with zero attached hydrogens (tertiary/aromatic N) is 2. The summed E-state index contributed by atoms with van der Waals surface area (Å²) in [6.07, 6.45) is 14.4. The largest absolute Gasteiger partial charge is 0.337 e. The van der Waals surface area contributed by atoms with E-state index in [-0.39, 0.29) is 17.6 Å². The molecular formula is C25H39N3O. The quantitative estimate of drug-likeness (QED) is 0.762. The lowest BCUT2D eigenvalue weighted by Gasteiger charge is -2.46. The average Bonchev–Trinajstić information content (AvgIpc) is 2.97. The minimum Gasteiger partial charge on any atom is -0.337 e. The number of aryl methyl sites for hydroxylation is 1. The fraction of sp³-hybridized carbons (Fsp3) is 0.720. The van der Waals surface area contributed by atoms with E-state index in [0.717, 1.165) is 32.0 Å². The highest BCUT2D eigenvalue weighted by atomic mass is 16.2. The van der Waals surface area contributed by atoms with Crippen molar-refractivity contribution in [3.63, 3.8) is 0 Å². The third-order valence-corrected chi connectivity index (χ3v) is 7.64. The second-order valence-electron chi connectivity index (χ2n) is 9.63. The monoisotopic (exact) mass is 397 g/mol. The maximum Gasteiger partial charge on any atom is 0.247 e. The standard InChI is InChI=1S/C25H39N3O/c1-20-12-14-23(15-13-20)28-21(2)26-24(29)25(28)16-18-27(19-17-25)22-10-8-6-4-3-5-7-9-11-22/h12-15,21-22H,3-11,16-19H2,1-2H3,(H,26,29). The number of hydrogen-bond acceptors (Lipinski definition) is 3. The Kier molecular flexibility index (Phi) is 6.48. The highest BCUT2D eigenvalue weighted by Gasteiger charge is 2.53. The van der Waals surface area contributed by atoms with Crippen LogP contribution in [0.5, 0.6) is 0 Å². The molecule has 1 aromatic rings. The van der Waals surface area contributed by atoms with Gasteiger partial charge in [0.1, 0.15) is 5.54 Å². The maximum absolute atomic E-state index is 13.1. The molecule has 1 atom stereocenters. The zero-order chi connectivity index (χ0) is 20.3. The first-order chi connectivity index (χ1) is 14.1. The van der Waals surface area contributed by atoms with E-state index in [2.05, 4.69) is 53.2 Å². The van der Waals surface area contributed by atoms with Crippen molar-refractivity contribution in [2.75, 3.05) is 18.0 Å². The predicted octanol–water partition coefficient (Wildman–Crippen LogP) is 5.00. The summed E-state index contributed by atoms with van der Waals surface area (Å²) in [5.74, 6) is 0.233. The minimum absolute atomic E-state index is 0.0606. The Morgan fingerprint density at radius 2 is 1.45 bits per heavy atom. The van der Waals surface area contributed by atoms with Crippen LogP contribution >= 0.6 is 0 Å². The van der Waals surface area contributed by atoms with Crippen LogP contribution in [-0.4, -0.2) is 41.6 Å². The van der Waals surface area contributed by atoms with Crippen LogP contribution in [0, 0.1) is 6.92 Å². The fourth-order valence-corrected chi connectivity index (χ4v) is 5.93. The summed E-state index contributed by atoms with van der Waals surface area (Å²) >= 11 is 0. The van der Waals surface area contributed by atoms with Crippen molar-refractivity contribution in [2.24, 2.45) is 0 Å². The number of carbonyl (C=O) groups excluding carboxylic acids is 1. The van der Waals surface area contributed by atoms with Crippen molar-refractivity contribution < 1.29 is 4.79 Å². The Labute approximate surface area is 177 Å². The van der Waals surface area contributed by atoms with Gasteiger partial charge >= 0.3 is 0 Å². The zero-order valence-corrected chi connectivity index (χ0v) is 18.5. The Bertz CT molecular complexity index is 668. The number of hydrogen-bond donors (Lipinski definition) is 1. The number of anilines is 1. The van der Waals surface area contributed by atoms with Crippen LogP contribution in [-0.2, 0) is 4.79 Å². The SMILES string of the molecule is Cc1ccc(N2C(C)NC(=O)C23CCN(C2CCCCCCCCC2)CC3)cc1. The number of nitrogens with one attached hydrogen (secondary N) is 1. The van der Waals surface area contributed by atoms with Gasteiger partial charge in [0.15, 0.2) is 0 Å². The molecule has 3 fully saturated rings. The third kappa shape index (κ3) is 4.33. The number of likely N-dealkylation sites (tertiary alicyclic amines) is 1. The van der Waals surface area contributed by atoms with Gasteiger partial charge in [-0.25, -0.2) is 0 Å². The Hall–Kier alpha value is -1.55. The maximum atomic E-state index is 13.1. The molecule has 1 amide bonds. The van der Waals surface area contributed by atoms with Gasteiger partial charge in [-0.05, 0) is 51.7 Å². The van der Waals surface area contributed by atoms with Crippen LogP contribution in [0.1, 0.15) is 83.1 Å². The lowest BCUT2D eigenvalue weighted by Crippen LogP contribution is -2.58. The summed E-state index contributed by atoms with van der Waals surface area (Å²) in [7, 11) is 0. The predicted molar refractivity (Wildman–Crippen MR) is 120 cm³/mol. The van der Waals surface area contributed by atoms with Crippen LogP contribution in [0.25, 0.3) is 0 Å². The van der Waals surface area contributed by atoms with E-state index in [1.807, 2.05) is 0 Å². The van der Waals surface area contributed by atoms with E-state index >= 15 is 0 Å². The third-order valence-electron chi connectivity index (χ3n) is 7.64. The van der Waals surface area contributed by atoms with Gasteiger partial charge in [0.25, 0.3) is 0 Å². The molecule has 3 aliphatic rings.